The number of carbonyl (C=O) groups excluding carboxylic acids is 2. The molecule has 1 aromatic heterocycles. The van der Waals surface area contributed by atoms with E-state index in [0.29, 0.717) is 27.9 Å². The first kappa shape index (κ1) is 16.8. The number of nitrogens with zero attached hydrogens (tertiary/aromatic N) is 2. The maximum atomic E-state index is 12.6. The summed E-state index contributed by atoms with van der Waals surface area (Å²) in [7, 11) is 0. The molecule has 0 unspecified atom stereocenters. The lowest BCUT2D eigenvalue weighted by Crippen LogP contribution is -2.32. The average Bonchev–Trinajstić information content (AvgIpc) is 3.22. The average molecular weight is 373 g/mol. The highest BCUT2D eigenvalue weighted by Gasteiger charge is 2.21. The van der Waals surface area contributed by atoms with Gasteiger partial charge in [0.15, 0.2) is 16.6 Å². The molecule has 136 valence electrons. The fraction of sp³-hybridized carbons (Fsp3) is 0.389. The second-order valence-corrected chi connectivity index (χ2v) is 7.12. The van der Waals surface area contributed by atoms with Crippen molar-refractivity contribution < 1.29 is 19.1 Å². The van der Waals surface area contributed by atoms with Crippen LogP contribution >= 0.6 is 11.3 Å². The molecule has 0 spiro atoms. The van der Waals surface area contributed by atoms with Gasteiger partial charge in [-0.15, -0.1) is 11.3 Å². The Morgan fingerprint density at radius 2 is 1.85 bits per heavy atom. The van der Waals surface area contributed by atoms with Gasteiger partial charge in [-0.25, -0.2) is 4.98 Å². The summed E-state index contributed by atoms with van der Waals surface area (Å²) in [4.78, 5) is 31.1. The number of fused-ring (bicyclic) bond motifs is 1. The van der Waals surface area contributed by atoms with Gasteiger partial charge < -0.3 is 14.4 Å². The number of aromatic nitrogens is 1. The molecule has 1 fully saturated rings. The van der Waals surface area contributed by atoms with Crippen LogP contribution in [-0.2, 0) is 0 Å². The highest BCUT2D eigenvalue weighted by atomic mass is 32.1. The fourth-order valence-electron chi connectivity index (χ4n) is 3.07. The van der Waals surface area contributed by atoms with Gasteiger partial charge in [-0.2, -0.15) is 0 Å². The van der Waals surface area contributed by atoms with Crippen molar-refractivity contribution in [2.24, 2.45) is 0 Å². The Morgan fingerprint density at radius 1 is 1.08 bits per heavy atom. The third-order valence-electron chi connectivity index (χ3n) is 4.47. The third kappa shape index (κ3) is 3.50. The molecule has 8 heteroatoms. The first-order chi connectivity index (χ1) is 12.7. The van der Waals surface area contributed by atoms with Crippen molar-refractivity contribution in [1.29, 1.82) is 0 Å². The first-order valence-corrected chi connectivity index (χ1v) is 9.54. The zero-order chi connectivity index (χ0) is 17.9. The van der Waals surface area contributed by atoms with Crippen LogP contribution in [0.1, 0.15) is 46.5 Å². The number of amides is 2. The van der Waals surface area contributed by atoms with Crippen molar-refractivity contribution in [1.82, 2.24) is 9.88 Å². The number of benzene rings is 1. The maximum absolute atomic E-state index is 12.6. The summed E-state index contributed by atoms with van der Waals surface area (Å²) in [6, 6.07) is 5.00. The van der Waals surface area contributed by atoms with Crippen LogP contribution in [0.2, 0.25) is 0 Å². The van der Waals surface area contributed by atoms with Gasteiger partial charge in [0.05, 0.1) is 0 Å². The summed E-state index contributed by atoms with van der Waals surface area (Å²) in [6.07, 6.45) is 4.39. The monoisotopic (exact) mass is 373 g/mol. The standard InChI is InChI=1S/C18H19N3O4S/c22-16(12-5-6-14-15(9-12)25-11-24-14)20-18-19-13(10-26-18)17(23)21-7-3-1-2-4-8-21/h5-6,9-10H,1-4,7-8,11H2,(H,19,20,22). The molecule has 0 radical (unpaired) electrons. The molecule has 26 heavy (non-hydrogen) atoms. The molecule has 7 nitrogen and oxygen atoms in total. The largest absolute Gasteiger partial charge is 0.454 e. The number of ether oxygens (including phenoxy) is 2. The van der Waals surface area contributed by atoms with Gasteiger partial charge in [0.25, 0.3) is 11.8 Å². The molecule has 0 saturated carbocycles. The molecule has 3 heterocycles. The molecule has 2 aliphatic rings. The van der Waals surface area contributed by atoms with E-state index >= 15 is 0 Å². The Morgan fingerprint density at radius 3 is 2.65 bits per heavy atom. The maximum Gasteiger partial charge on any atom is 0.273 e. The van der Waals surface area contributed by atoms with Gasteiger partial charge in [-0.05, 0) is 31.0 Å². The minimum absolute atomic E-state index is 0.0632. The lowest BCUT2D eigenvalue weighted by molar-refractivity contribution is 0.0756. The van der Waals surface area contributed by atoms with Crippen LogP contribution in [0.3, 0.4) is 0 Å². The van der Waals surface area contributed by atoms with Crippen molar-refractivity contribution in [2.75, 3.05) is 25.2 Å². The molecule has 1 aromatic carbocycles. The number of thiazole rings is 1. The van der Waals surface area contributed by atoms with Gasteiger partial charge in [0.2, 0.25) is 6.79 Å². The number of rotatable bonds is 3. The van der Waals surface area contributed by atoms with E-state index in [1.807, 2.05) is 4.90 Å². The van der Waals surface area contributed by atoms with E-state index in [1.165, 1.54) is 11.3 Å². The van der Waals surface area contributed by atoms with Crippen molar-refractivity contribution in [3.63, 3.8) is 0 Å². The topological polar surface area (TPSA) is 80.8 Å². The Balaban J connectivity index is 1.43. The number of carbonyl (C=O) groups is 2. The molecule has 0 aliphatic carbocycles. The van der Waals surface area contributed by atoms with E-state index in [9.17, 15) is 9.59 Å². The van der Waals surface area contributed by atoms with E-state index < -0.39 is 0 Å². The minimum Gasteiger partial charge on any atom is -0.454 e. The van der Waals surface area contributed by atoms with E-state index in [2.05, 4.69) is 10.3 Å². The lowest BCUT2D eigenvalue weighted by Gasteiger charge is -2.18. The summed E-state index contributed by atoms with van der Waals surface area (Å²) in [5.74, 6) is 0.813. The van der Waals surface area contributed by atoms with Crippen LogP contribution in [0.5, 0.6) is 11.5 Å². The molecule has 2 aliphatic heterocycles. The second-order valence-electron chi connectivity index (χ2n) is 6.27. The number of hydrogen-bond donors (Lipinski definition) is 1. The Bertz CT molecular complexity index is 828. The zero-order valence-electron chi connectivity index (χ0n) is 14.2. The van der Waals surface area contributed by atoms with Crippen LogP contribution in [0, 0.1) is 0 Å². The first-order valence-electron chi connectivity index (χ1n) is 8.66. The quantitative estimate of drug-likeness (QED) is 0.894. The normalized spacial score (nSPS) is 16.2. The van der Waals surface area contributed by atoms with Crippen molar-refractivity contribution >= 4 is 28.3 Å². The predicted molar refractivity (Wildman–Crippen MR) is 97.0 cm³/mol. The molecule has 0 bridgehead atoms. The number of hydrogen-bond acceptors (Lipinski definition) is 6. The Hall–Kier alpha value is -2.61. The molecule has 4 rings (SSSR count). The summed E-state index contributed by atoms with van der Waals surface area (Å²) < 4.78 is 10.5. The summed E-state index contributed by atoms with van der Waals surface area (Å²) in [5, 5.41) is 4.85. The highest BCUT2D eigenvalue weighted by molar-refractivity contribution is 7.14. The number of likely N-dealkylation sites (tertiary alicyclic amines) is 1. The van der Waals surface area contributed by atoms with E-state index in [-0.39, 0.29) is 18.6 Å². The summed E-state index contributed by atoms with van der Waals surface area (Å²) in [5.41, 5.74) is 0.836. The highest BCUT2D eigenvalue weighted by Crippen LogP contribution is 2.32. The smallest absolute Gasteiger partial charge is 0.273 e. The van der Waals surface area contributed by atoms with Crippen molar-refractivity contribution in [3.8, 4) is 11.5 Å². The van der Waals surface area contributed by atoms with Crippen molar-refractivity contribution in [2.45, 2.75) is 25.7 Å². The molecule has 1 N–H and O–H groups in total. The third-order valence-corrected chi connectivity index (χ3v) is 5.23. The molecular weight excluding hydrogens is 354 g/mol. The molecule has 1 saturated heterocycles. The van der Waals surface area contributed by atoms with Gasteiger partial charge in [-0.1, -0.05) is 12.8 Å². The van der Waals surface area contributed by atoms with Crippen LogP contribution < -0.4 is 14.8 Å². The zero-order valence-corrected chi connectivity index (χ0v) is 15.0. The molecule has 2 amide bonds. The van der Waals surface area contributed by atoms with Gasteiger partial charge in [0.1, 0.15) is 5.69 Å². The molecular formula is C18H19N3O4S. The van der Waals surface area contributed by atoms with Gasteiger partial charge in [-0.3, -0.25) is 14.9 Å². The van der Waals surface area contributed by atoms with E-state index in [0.717, 1.165) is 38.8 Å². The van der Waals surface area contributed by atoms with Gasteiger partial charge >= 0.3 is 0 Å². The summed E-state index contributed by atoms with van der Waals surface area (Å²) in [6.45, 7) is 1.71. The Labute approximate surface area is 154 Å². The predicted octanol–water partition coefficient (Wildman–Crippen LogP) is 3.14. The number of anilines is 1. The SMILES string of the molecule is O=C(Nc1nc(C(=O)N2CCCCCC2)cs1)c1ccc2c(c1)OCO2. The van der Waals surface area contributed by atoms with E-state index in [4.69, 9.17) is 9.47 Å². The lowest BCUT2D eigenvalue weighted by atomic mass is 10.2. The van der Waals surface area contributed by atoms with Gasteiger partial charge in [0, 0.05) is 24.0 Å². The van der Waals surface area contributed by atoms with Crippen molar-refractivity contribution in [3.05, 3.63) is 34.8 Å². The van der Waals surface area contributed by atoms with Crippen LogP contribution in [0.15, 0.2) is 23.6 Å². The van der Waals surface area contributed by atoms with Crippen LogP contribution in [0.25, 0.3) is 0 Å². The Kier molecular flexibility index (Phi) is 4.75. The second kappa shape index (κ2) is 7.33. The summed E-state index contributed by atoms with van der Waals surface area (Å²) >= 11 is 1.25. The fourth-order valence-corrected chi connectivity index (χ4v) is 3.75. The van der Waals surface area contributed by atoms with Crippen LogP contribution in [0.4, 0.5) is 5.13 Å². The molecule has 0 atom stereocenters. The van der Waals surface area contributed by atoms with Crippen LogP contribution in [-0.4, -0.2) is 41.6 Å². The number of nitrogens with one attached hydrogen (secondary N) is 1. The van der Waals surface area contributed by atoms with E-state index in [1.54, 1.807) is 23.6 Å². The molecule has 2 aromatic rings. The minimum atomic E-state index is -0.300.